The molecule has 0 aromatic heterocycles. The highest BCUT2D eigenvalue weighted by Crippen LogP contribution is 2.18. The van der Waals surface area contributed by atoms with Crippen molar-refractivity contribution < 1.29 is 18.7 Å². The highest BCUT2D eigenvalue weighted by molar-refractivity contribution is 6.03. The van der Waals surface area contributed by atoms with Crippen LogP contribution in [0.2, 0.25) is 0 Å². The van der Waals surface area contributed by atoms with E-state index in [0.717, 1.165) is 5.69 Å². The number of amides is 2. The van der Waals surface area contributed by atoms with E-state index >= 15 is 0 Å². The lowest BCUT2D eigenvalue weighted by Gasteiger charge is -2.36. The number of halogens is 1. The van der Waals surface area contributed by atoms with Crippen molar-refractivity contribution in [1.82, 2.24) is 4.90 Å². The van der Waals surface area contributed by atoms with E-state index in [1.165, 1.54) is 12.1 Å². The summed E-state index contributed by atoms with van der Waals surface area (Å²) in [6, 6.07) is 13.3. The third-order valence-electron chi connectivity index (χ3n) is 4.51. The largest absolute Gasteiger partial charge is 0.497 e. The van der Waals surface area contributed by atoms with Gasteiger partial charge in [-0.2, -0.15) is 0 Å². The number of carbonyl (C=O) groups excluding carboxylic acids is 2. The van der Waals surface area contributed by atoms with Crippen LogP contribution in [0.25, 0.3) is 0 Å². The molecule has 0 radical (unpaired) electrons. The summed E-state index contributed by atoms with van der Waals surface area (Å²) >= 11 is 0. The van der Waals surface area contributed by atoms with Crippen LogP contribution in [0.3, 0.4) is 0 Å². The van der Waals surface area contributed by atoms with Crippen molar-refractivity contribution >= 4 is 23.2 Å². The van der Waals surface area contributed by atoms with Gasteiger partial charge >= 0.3 is 0 Å². The average Bonchev–Trinajstić information content (AvgIpc) is 2.69. The van der Waals surface area contributed by atoms with E-state index in [1.807, 2.05) is 0 Å². The summed E-state index contributed by atoms with van der Waals surface area (Å²) in [5.41, 5.74) is 1.55. The lowest BCUT2D eigenvalue weighted by Crippen LogP contribution is -2.49. The second-order valence-electron chi connectivity index (χ2n) is 6.30. The van der Waals surface area contributed by atoms with Crippen molar-refractivity contribution in [2.45, 2.75) is 6.42 Å². The molecule has 1 aliphatic rings. The third kappa shape index (κ3) is 4.97. The van der Waals surface area contributed by atoms with Crippen molar-refractivity contribution in [3.63, 3.8) is 0 Å². The van der Waals surface area contributed by atoms with E-state index in [0.29, 0.717) is 37.6 Å². The molecule has 1 N–H and O–H groups in total. The van der Waals surface area contributed by atoms with E-state index in [-0.39, 0.29) is 24.1 Å². The quantitative estimate of drug-likeness (QED) is 0.821. The van der Waals surface area contributed by atoms with Gasteiger partial charge in [-0.05, 0) is 48.5 Å². The molecule has 0 saturated carbocycles. The van der Waals surface area contributed by atoms with E-state index in [4.69, 9.17) is 4.74 Å². The summed E-state index contributed by atoms with van der Waals surface area (Å²) in [6.07, 6.45) is -0.192. The molecule has 0 atom stereocenters. The molecule has 3 rings (SSSR count). The molecule has 6 nitrogen and oxygen atoms in total. The monoisotopic (exact) mass is 371 g/mol. The molecule has 0 unspecified atom stereocenters. The number of nitrogens with one attached hydrogen (secondary N) is 1. The first-order chi connectivity index (χ1) is 13.0. The summed E-state index contributed by atoms with van der Waals surface area (Å²) in [5.74, 6) is -0.107. The van der Waals surface area contributed by atoms with Crippen molar-refractivity contribution in [3.05, 3.63) is 54.3 Å². The maximum atomic E-state index is 13.0. The predicted octanol–water partition coefficient (Wildman–Crippen LogP) is 2.51. The zero-order valence-corrected chi connectivity index (χ0v) is 15.2. The second-order valence-corrected chi connectivity index (χ2v) is 6.30. The highest BCUT2D eigenvalue weighted by atomic mass is 19.1. The number of hydrogen-bond donors (Lipinski definition) is 1. The van der Waals surface area contributed by atoms with Crippen molar-refractivity contribution in [3.8, 4) is 5.75 Å². The van der Waals surface area contributed by atoms with Crippen LogP contribution in [0.4, 0.5) is 15.8 Å². The van der Waals surface area contributed by atoms with Crippen LogP contribution in [0.1, 0.15) is 6.42 Å². The lowest BCUT2D eigenvalue weighted by molar-refractivity contribution is -0.134. The molecule has 2 amide bonds. The van der Waals surface area contributed by atoms with Crippen LogP contribution in [0.5, 0.6) is 5.75 Å². The molecule has 7 heteroatoms. The lowest BCUT2D eigenvalue weighted by atomic mass is 10.2. The van der Waals surface area contributed by atoms with Gasteiger partial charge in [-0.25, -0.2) is 4.39 Å². The number of methoxy groups -OCH3 is 1. The maximum Gasteiger partial charge on any atom is 0.233 e. The minimum absolute atomic E-state index is 0.192. The topological polar surface area (TPSA) is 61.9 Å². The number of ether oxygens (including phenoxy) is 1. The first kappa shape index (κ1) is 18.7. The fourth-order valence-electron chi connectivity index (χ4n) is 2.99. The van der Waals surface area contributed by atoms with E-state index in [1.54, 1.807) is 48.4 Å². The summed E-state index contributed by atoms with van der Waals surface area (Å²) < 4.78 is 18.1. The first-order valence-electron chi connectivity index (χ1n) is 8.77. The van der Waals surface area contributed by atoms with Crippen LogP contribution < -0.4 is 15.0 Å². The van der Waals surface area contributed by atoms with Gasteiger partial charge in [0.1, 0.15) is 18.0 Å². The first-order valence-corrected chi connectivity index (χ1v) is 8.77. The van der Waals surface area contributed by atoms with Crippen LogP contribution in [0, 0.1) is 5.82 Å². The summed E-state index contributed by atoms with van der Waals surface area (Å²) in [5, 5.41) is 2.72. The smallest absolute Gasteiger partial charge is 0.233 e. The predicted molar refractivity (Wildman–Crippen MR) is 101 cm³/mol. The fraction of sp³-hybridized carbons (Fsp3) is 0.300. The highest BCUT2D eigenvalue weighted by Gasteiger charge is 2.23. The molecule has 27 heavy (non-hydrogen) atoms. The molecule has 1 fully saturated rings. The van der Waals surface area contributed by atoms with Crippen molar-refractivity contribution in [1.29, 1.82) is 0 Å². The van der Waals surface area contributed by atoms with E-state index in [2.05, 4.69) is 10.2 Å². The van der Waals surface area contributed by atoms with E-state index < -0.39 is 0 Å². The van der Waals surface area contributed by atoms with Crippen LogP contribution in [0.15, 0.2) is 48.5 Å². The molecule has 2 aromatic rings. The van der Waals surface area contributed by atoms with Crippen molar-refractivity contribution in [2.75, 3.05) is 43.5 Å². The number of anilines is 2. The number of hydrogen-bond acceptors (Lipinski definition) is 4. The molecule has 0 bridgehead atoms. The summed E-state index contributed by atoms with van der Waals surface area (Å²) in [6.45, 7) is 2.37. The molecule has 1 heterocycles. The molecule has 142 valence electrons. The van der Waals surface area contributed by atoms with E-state index in [9.17, 15) is 14.0 Å². The van der Waals surface area contributed by atoms with Crippen LogP contribution in [-0.4, -0.2) is 50.0 Å². The second kappa shape index (κ2) is 8.53. The van der Waals surface area contributed by atoms with Crippen molar-refractivity contribution in [2.24, 2.45) is 0 Å². The van der Waals surface area contributed by atoms with Gasteiger partial charge in [-0.15, -0.1) is 0 Å². The maximum absolute atomic E-state index is 13.0. The normalized spacial score (nSPS) is 14.0. The Morgan fingerprint density at radius 1 is 1.00 bits per heavy atom. The number of benzene rings is 2. The van der Waals surface area contributed by atoms with Gasteiger partial charge in [-0.3, -0.25) is 9.59 Å². The molecule has 2 aromatic carbocycles. The Bertz CT molecular complexity index is 785. The van der Waals surface area contributed by atoms with Gasteiger partial charge in [0.25, 0.3) is 0 Å². The molecular formula is C20H22FN3O3. The Morgan fingerprint density at radius 3 is 2.22 bits per heavy atom. The summed E-state index contributed by atoms with van der Waals surface area (Å²) in [4.78, 5) is 28.3. The standard InChI is InChI=1S/C20H22FN3O3/c1-27-18-8-4-16(5-9-18)22-19(25)14-20(26)24-12-10-23(11-13-24)17-6-2-15(21)3-7-17/h2-9H,10-14H2,1H3,(H,22,25). The van der Waals surface area contributed by atoms with Gasteiger partial charge in [0.15, 0.2) is 0 Å². The number of carbonyl (C=O) groups is 2. The molecular weight excluding hydrogens is 349 g/mol. The Morgan fingerprint density at radius 2 is 1.63 bits per heavy atom. The van der Waals surface area contributed by atoms with Gasteiger partial charge in [0, 0.05) is 37.6 Å². The minimum Gasteiger partial charge on any atom is -0.497 e. The van der Waals surface area contributed by atoms with Gasteiger partial charge in [0.05, 0.1) is 7.11 Å². The Hall–Kier alpha value is -3.09. The molecule has 0 aliphatic carbocycles. The fourth-order valence-corrected chi connectivity index (χ4v) is 2.99. The van der Waals surface area contributed by atoms with Gasteiger partial charge < -0.3 is 19.9 Å². The summed E-state index contributed by atoms with van der Waals surface area (Å²) in [7, 11) is 1.57. The average molecular weight is 371 g/mol. The Labute approximate surface area is 157 Å². The molecule has 1 aliphatic heterocycles. The van der Waals surface area contributed by atoms with Crippen LogP contribution >= 0.6 is 0 Å². The minimum atomic E-state index is -0.342. The van der Waals surface area contributed by atoms with Gasteiger partial charge in [-0.1, -0.05) is 0 Å². The Balaban J connectivity index is 1.47. The zero-order chi connectivity index (χ0) is 19.2. The third-order valence-corrected chi connectivity index (χ3v) is 4.51. The zero-order valence-electron chi connectivity index (χ0n) is 15.2. The number of rotatable bonds is 5. The number of nitrogens with zero attached hydrogens (tertiary/aromatic N) is 2. The van der Waals surface area contributed by atoms with Crippen LogP contribution in [-0.2, 0) is 9.59 Å². The molecule has 0 spiro atoms. The molecule has 1 saturated heterocycles. The SMILES string of the molecule is COc1ccc(NC(=O)CC(=O)N2CCN(c3ccc(F)cc3)CC2)cc1. The Kier molecular flexibility index (Phi) is 5.90. The number of piperazine rings is 1. The van der Waals surface area contributed by atoms with Gasteiger partial charge in [0.2, 0.25) is 11.8 Å².